The second kappa shape index (κ2) is 12.2. The molecule has 1 aliphatic rings. The summed E-state index contributed by atoms with van der Waals surface area (Å²) in [4.78, 5) is 38.9. The molecule has 0 fully saturated rings. The van der Waals surface area contributed by atoms with Gasteiger partial charge in [0.2, 0.25) is 5.91 Å². The van der Waals surface area contributed by atoms with Crippen LogP contribution >= 0.6 is 0 Å². The molecule has 7 nitrogen and oxygen atoms in total. The maximum atomic E-state index is 12.8. The van der Waals surface area contributed by atoms with Crippen molar-refractivity contribution in [1.82, 2.24) is 5.32 Å². The molecule has 2 amide bonds. The number of carbonyl (C=O) groups excluding carboxylic acids is 3. The van der Waals surface area contributed by atoms with E-state index in [1.165, 1.54) is 0 Å². The van der Waals surface area contributed by atoms with Crippen molar-refractivity contribution in [1.29, 1.82) is 0 Å². The van der Waals surface area contributed by atoms with Crippen molar-refractivity contribution in [3.05, 3.63) is 53.6 Å². The van der Waals surface area contributed by atoms with Gasteiger partial charge in [-0.25, -0.2) is 0 Å². The van der Waals surface area contributed by atoms with Crippen molar-refractivity contribution in [3.63, 3.8) is 0 Å². The first-order valence-corrected chi connectivity index (χ1v) is 12.0. The molecule has 0 atom stereocenters. The second-order valence-corrected chi connectivity index (χ2v) is 8.76. The zero-order valence-corrected chi connectivity index (χ0v) is 20.3. The van der Waals surface area contributed by atoms with E-state index in [0.29, 0.717) is 54.6 Å². The largest absolute Gasteiger partial charge is 0.485 e. The SMILES string of the molecule is CCCCNC(=O)CCCN1C(=O)COc2ccc(C(=O)COc3cccc(C(C)C)c3)cc21. The molecular formula is C27H34N2O5. The van der Waals surface area contributed by atoms with Crippen LogP contribution in [-0.4, -0.2) is 43.9 Å². The van der Waals surface area contributed by atoms with E-state index in [0.717, 1.165) is 18.4 Å². The molecule has 0 aliphatic carbocycles. The van der Waals surface area contributed by atoms with E-state index in [1.807, 2.05) is 24.3 Å². The standard InChI is InChI=1S/C27H34N2O5/c1-4-5-13-28-26(31)10-7-14-29-23-16-21(11-12-25(23)34-18-27(29)32)24(30)17-33-22-9-6-8-20(15-22)19(2)3/h6,8-9,11-12,15-16,19H,4-5,7,10,13-14,17-18H2,1-3H3,(H,28,31). The Morgan fingerprint density at radius 2 is 1.97 bits per heavy atom. The predicted octanol–water partition coefficient (Wildman–Crippen LogP) is 4.49. The minimum Gasteiger partial charge on any atom is -0.485 e. The van der Waals surface area contributed by atoms with Crippen LogP contribution in [0.15, 0.2) is 42.5 Å². The van der Waals surface area contributed by atoms with Crippen LogP contribution in [0.3, 0.4) is 0 Å². The van der Waals surface area contributed by atoms with Gasteiger partial charge >= 0.3 is 0 Å². The molecule has 0 saturated heterocycles. The van der Waals surface area contributed by atoms with Gasteiger partial charge in [0.05, 0.1) is 5.69 Å². The Kier molecular flexibility index (Phi) is 9.08. The van der Waals surface area contributed by atoms with Crippen LogP contribution in [-0.2, 0) is 9.59 Å². The average molecular weight is 467 g/mol. The lowest BCUT2D eigenvalue weighted by Crippen LogP contribution is -2.40. The Labute approximate surface area is 201 Å². The van der Waals surface area contributed by atoms with Crippen LogP contribution in [0.25, 0.3) is 0 Å². The quantitative estimate of drug-likeness (QED) is 0.368. The van der Waals surface area contributed by atoms with Crippen molar-refractivity contribution in [2.24, 2.45) is 0 Å². The van der Waals surface area contributed by atoms with Gasteiger partial charge < -0.3 is 19.7 Å². The van der Waals surface area contributed by atoms with Gasteiger partial charge in [-0.05, 0) is 54.7 Å². The molecule has 1 heterocycles. The van der Waals surface area contributed by atoms with E-state index < -0.39 is 0 Å². The lowest BCUT2D eigenvalue weighted by Gasteiger charge is -2.29. The van der Waals surface area contributed by atoms with Crippen molar-refractivity contribution in [3.8, 4) is 11.5 Å². The minimum atomic E-state index is -0.190. The summed E-state index contributed by atoms with van der Waals surface area (Å²) in [5.74, 6) is 1.17. The number of fused-ring (bicyclic) bond motifs is 1. The molecule has 182 valence electrons. The third-order valence-electron chi connectivity index (χ3n) is 5.76. The first-order valence-electron chi connectivity index (χ1n) is 12.0. The number of ether oxygens (including phenoxy) is 2. The van der Waals surface area contributed by atoms with Gasteiger partial charge in [-0.1, -0.05) is 39.3 Å². The summed E-state index contributed by atoms with van der Waals surface area (Å²) in [6, 6.07) is 12.8. The van der Waals surface area contributed by atoms with Crippen molar-refractivity contribution < 1.29 is 23.9 Å². The number of rotatable bonds is 12. The zero-order chi connectivity index (χ0) is 24.5. The van der Waals surface area contributed by atoms with E-state index in [4.69, 9.17) is 9.47 Å². The minimum absolute atomic E-state index is 0.0167. The van der Waals surface area contributed by atoms with Crippen molar-refractivity contribution in [2.75, 3.05) is 31.2 Å². The molecule has 0 aromatic heterocycles. The number of Topliss-reactive ketones (excluding diaryl/α,β-unsaturated/α-hetero) is 1. The van der Waals surface area contributed by atoms with E-state index in [9.17, 15) is 14.4 Å². The van der Waals surface area contributed by atoms with Gasteiger partial charge in [-0.15, -0.1) is 0 Å². The summed E-state index contributed by atoms with van der Waals surface area (Å²) in [5, 5.41) is 2.89. The van der Waals surface area contributed by atoms with Crippen LogP contribution < -0.4 is 19.7 Å². The molecular weight excluding hydrogens is 432 g/mol. The fourth-order valence-corrected chi connectivity index (χ4v) is 3.71. The normalized spacial score (nSPS) is 12.8. The number of nitrogens with zero attached hydrogens (tertiary/aromatic N) is 1. The fourth-order valence-electron chi connectivity index (χ4n) is 3.71. The van der Waals surface area contributed by atoms with Crippen molar-refractivity contribution in [2.45, 2.75) is 52.4 Å². The molecule has 3 rings (SSSR count). The van der Waals surface area contributed by atoms with Gasteiger partial charge in [-0.2, -0.15) is 0 Å². The van der Waals surface area contributed by atoms with Crippen LogP contribution in [0, 0.1) is 0 Å². The van der Waals surface area contributed by atoms with Crippen molar-refractivity contribution >= 4 is 23.3 Å². The third kappa shape index (κ3) is 6.83. The zero-order valence-electron chi connectivity index (χ0n) is 20.3. The maximum Gasteiger partial charge on any atom is 0.265 e. The molecule has 1 aliphatic heterocycles. The van der Waals surface area contributed by atoms with Gasteiger partial charge in [0.1, 0.15) is 11.5 Å². The number of hydrogen-bond donors (Lipinski definition) is 1. The number of ketones is 1. The third-order valence-corrected chi connectivity index (χ3v) is 5.76. The lowest BCUT2D eigenvalue weighted by atomic mass is 10.0. The first kappa shape index (κ1) is 25.3. The molecule has 1 N–H and O–H groups in total. The smallest absolute Gasteiger partial charge is 0.265 e. The number of unbranched alkanes of at least 4 members (excludes halogenated alkanes) is 1. The first-order chi connectivity index (χ1) is 16.4. The molecule has 0 saturated carbocycles. The Morgan fingerprint density at radius 1 is 1.15 bits per heavy atom. The Hall–Kier alpha value is -3.35. The molecule has 0 unspecified atom stereocenters. The summed E-state index contributed by atoms with van der Waals surface area (Å²) in [7, 11) is 0. The number of amides is 2. The number of nitrogens with one attached hydrogen (secondary N) is 1. The summed E-state index contributed by atoms with van der Waals surface area (Å²) < 4.78 is 11.3. The highest BCUT2D eigenvalue weighted by atomic mass is 16.5. The number of hydrogen-bond acceptors (Lipinski definition) is 5. The summed E-state index contributed by atoms with van der Waals surface area (Å²) >= 11 is 0. The maximum absolute atomic E-state index is 12.8. The molecule has 0 spiro atoms. The fraction of sp³-hybridized carbons (Fsp3) is 0.444. The molecule has 34 heavy (non-hydrogen) atoms. The van der Waals surface area contributed by atoms with Crippen LogP contribution in [0.4, 0.5) is 5.69 Å². The van der Waals surface area contributed by atoms with Crippen LogP contribution in [0.1, 0.15) is 68.3 Å². The topological polar surface area (TPSA) is 84.9 Å². The highest BCUT2D eigenvalue weighted by molar-refractivity contribution is 6.02. The number of anilines is 1. The Morgan fingerprint density at radius 3 is 2.74 bits per heavy atom. The Balaban J connectivity index is 1.62. The predicted molar refractivity (Wildman–Crippen MR) is 132 cm³/mol. The monoisotopic (exact) mass is 466 g/mol. The second-order valence-electron chi connectivity index (χ2n) is 8.76. The van der Waals surface area contributed by atoms with E-state index in [1.54, 1.807) is 23.1 Å². The van der Waals surface area contributed by atoms with E-state index in [-0.39, 0.29) is 30.8 Å². The summed E-state index contributed by atoms with van der Waals surface area (Å²) in [6.07, 6.45) is 2.84. The number of benzene rings is 2. The van der Waals surface area contributed by atoms with Gasteiger partial charge in [-0.3, -0.25) is 14.4 Å². The lowest BCUT2D eigenvalue weighted by molar-refractivity contribution is -0.122. The average Bonchev–Trinajstić information content (AvgIpc) is 2.84. The molecule has 0 bridgehead atoms. The van der Waals surface area contributed by atoms with Gasteiger partial charge in [0.15, 0.2) is 19.0 Å². The van der Waals surface area contributed by atoms with Gasteiger partial charge in [0, 0.05) is 25.1 Å². The van der Waals surface area contributed by atoms with Crippen LogP contribution in [0.5, 0.6) is 11.5 Å². The summed E-state index contributed by atoms with van der Waals surface area (Å²) in [6.45, 7) is 7.17. The molecule has 7 heteroatoms. The molecule has 2 aromatic rings. The van der Waals surface area contributed by atoms with Gasteiger partial charge in [0.25, 0.3) is 5.91 Å². The molecule has 0 radical (unpaired) electrons. The summed E-state index contributed by atoms with van der Waals surface area (Å²) in [5.41, 5.74) is 2.14. The van der Waals surface area contributed by atoms with E-state index >= 15 is 0 Å². The highest BCUT2D eigenvalue weighted by Crippen LogP contribution is 2.33. The molecule has 2 aromatic carbocycles. The van der Waals surface area contributed by atoms with Crippen LogP contribution in [0.2, 0.25) is 0 Å². The Bertz CT molecular complexity index is 1020. The highest BCUT2D eigenvalue weighted by Gasteiger charge is 2.26. The van der Waals surface area contributed by atoms with E-state index in [2.05, 4.69) is 26.1 Å². The number of carbonyl (C=O) groups is 3.